The molecule has 1 heterocycles. The number of rotatable bonds is 9. The Morgan fingerprint density at radius 2 is 2.00 bits per heavy atom. The number of hydrogen-bond donors (Lipinski definition) is 2. The van der Waals surface area contributed by atoms with Gasteiger partial charge in [0.1, 0.15) is 0 Å². The third-order valence-corrected chi connectivity index (χ3v) is 6.03. The van der Waals surface area contributed by atoms with Crippen molar-refractivity contribution in [2.45, 2.75) is 37.6 Å². The summed E-state index contributed by atoms with van der Waals surface area (Å²) in [7, 11) is -1.46. The first-order chi connectivity index (χ1) is 13.4. The highest BCUT2D eigenvalue weighted by Crippen LogP contribution is 2.16. The molecule has 0 atom stereocenters. The van der Waals surface area contributed by atoms with E-state index in [4.69, 9.17) is 9.47 Å². The molecule has 0 saturated carbocycles. The second-order valence-electron chi connectivity index (χ2n) is 7.21. The van der Waals surface area contributed by atoms with Crippen LogP contribution in [-0.4, -0.2) is 60.7 Å². The van der Waals surface area contributed by atoms with Crippen molar-refractivity contribution >= 4 is 39.8 Å². The number of nitrogens with one attached hydrogen (secondary N) is 2. The van der Waals surface area contributed by atoms with Crippen LogP contribution in [0.1, 0.15) is 30.4 Å². The van der Waals surface area contributed by atoms with Gasteiger partial charge in [0.25, 0.3) is 0 Å². The molecule has 1 fully saturated rings. The predicted octanol–water partition coefficient (Wildman–Crippen LogP) is 2.51. The van der Waals surface area contributed by atoms with E-state index >= 15 is 0 Å². The third kappa shape index (κ3) is 9.63. The second-order valence-corrected chi connectivity index (χ2v) is 9.19. The van der Waals surface area contributed by atoms with Crippen molar-refractivity contribution in [3.05, 3.63) is 29.3 Å². The highest BCUT2D eigenvalue weighted by atomic mass is 127. The van der Waals surface area contributed by atoms with Crippen LogP contribution >= 0.6 is 24.0 Å². The molecule has 0 radical (unpaired) electrons. The van der Waals surface area contributed by atoms with E-state index in [1.807, 2.05) is 19.1 Å². The fourth-order valence-electron chi connectivity index (χ4n) is 3.19. The highest BCUT2D eigenvalue weighted by Gasteiger charge is 2.13. The quantitative estimate of drug-likeness (QED) is 0.217. The van der Waals surface area contributed by atoms with Gasteiger partial charge in [-0.05, 0) is 49.3 Å². The van der Waals surface area contributed by atoms with Gasteiger partial charge in [-0.3, -0.25) is 4.99 Å². The Morgan fingerprint density at radius 1 is 1.28 bits per heavy atom. The van der Waals surface area contributed by atoms with Gasteiger partial charge in [0.05, 0.1) is 4.90 Å². The minimum atomic E-state index is -3.19. The van der Waals surface area contributed by atoms with Gasteiger partial charge < -0.3 is 20.1 Å². The van der Waals surface area contributed by atoms with Gasteiger partial charge >= 0.3 is 0 Å². The molecule has 0 bridgehead atoms. The molecule has 0 aliphatic carbocycles. The molecule has 7 nitrogen and oxygen atoms in total. The largest absolute Gasteiger partial charge is 0.381 e. The number of nitrogens with zero attached hydrogens (tertiary/aromatic N) is 1. The predicted molar refractivity (Wildman–Crippen MR) is 127 cm³/mol. The van der Waals surface area contributed by atoms with Crippen LogP contribution < -0.4 is 10.6 Å². The van der Waals surface area contributed by atoms with Crippen molar-refractivity contribution in [2.24, 2.45) is 10.9 Å². The smallest absolute Gasteiger partial charge is 0.191 e. The van der Waals surface area contributed by atoms with Crippen LogP contribution in [0.25, 0.3) is 0 Å². The molecular formula is C20H34IN3O4S. The molecule has 1 saturated heterocycles. The van der Waals surface area contributed by atoms with E-state index in [-0.39, 0.29) is 24.0 Å². The number of guanidine groups is 1. The fourth-order valence-corrected chi connectivity index (χ4v) is 4.15. The summed E-state index contributed by atoms with van der Waals surface area (Å²) < 4.78 is 34.5. The van der Waals surface area contributed by atoms with E-state index in [9.17, 15) is 8.42 Å². The zero-order chi connectivity index (χ0) is 20.4. The van der Waals surface area contributed by atoms with Crippen LogP contribution in [0.5, 0.6) is 0 Å². The molecule has 0 spiro atoms. The minimum absolute atomic E-state index is 0. The van der Waals surface area contributed by atoms with Crippen molar-refractivity contribution in [1.82, 2.24) is 10.6 Å². The normalized spacial score (nSPS) is 15.6. The molecule has 0 amide bonds. The van der Waals surface area contributed by atoms with Crippen LogP contribution in [-0.2, 0) is 25.9 Å². The zero-order valence-electron chi connectivity index (χ0n) is 17.6. The molecule has 9 heteroatoms. The van der Waals surface area contributed by atoms with E-state index < -0.39 is 9.84 Å². The Kier molecular flexibility index (Phi) is 12.1. The molecule has 1 aromatic carbocycles. The van der Waals surface area contributed by atoms with Crippen LogP contribution in [0.2, 0.25) is 0 Å². The summed E-state index contributed by atoms with van der Waals surface area (Å²) in [5, 5.41) is 6.52. The van der Waals surface area contributed by atoms with Gasteiger partial charge in [0, 0.05) is 52.8 Å². The molecule has 2 rings (SSSR count). The van der Waals surface area contributed by atoms with Crippen molar-refractivity contribution in [1.29, 1.82) is 0 Å². The lowest BCUT2D eigenvalue weighted by Gasteiger charge is -2.21. The summed E-state index contributed by atoms with van der Waals surface area (Å²) in [6.07, 6.45) is 4.33. The van der Waals surface area contributed by atoms with Crippen molar-refractivity contribution in [3.8, 4) is 0 Å². The molecule has 1 aromatic rings. The molecule has 0 unspecified atom stereocenters. The number of benzene rings is 1. The fraction of sp³-hybridized carbons (Fsp3) is 0.650. The number of aryl methyl sites for hydroxylation is 1. The van der Waals surface area contributed by atoms with Gasteiger partial charge in [-0.2, -0.15) is 0 Å². The summed E-state index contributed by atoms with van der Waals surface area (Å²) in [4.78, 5) is 4.59. The Morgan fingerprint density at radius 3 is 2.62 bits per heavy atom. The van der Waals surface area contributed by atoms with Crippen LogP contribution in [0.15, 0.2) is 28.1 Å². The van der Waals surface area contributed by atoms with Crippen molar-refractivity contribution in [3.63, 3.8) is 0 Å². The average Bonchev–Trinajstić information content (AvgIpc) is 2.66. The van der Waals surface area contributed by atoms with Gasteiger partial charge in [0.15, 0.2) is 15.8 Å². The molecule has 166 valence electrons. The number of ether oxygens (including phenoxy) is 2. The average molecular weight is 539 g/mol. The summed E-state index contributed by atoms with van der Waals surface area (Å²) in [6.45, 7) is 6.42. The summed E-state index contributed by atoms with van der Waals surface area (Å²) in [6, 6.07) is 5.38. The van der Waals surface area contributed by atoms with Gasteiger partial charge in [-0.25, -0.2) is 8.42 Å². The Labute approximate surface area is 192 Å². The standard InChI is InChI=1S/C20H33N3O4S.HI/c1-16-13-18(5-6-19(16)28(3,24)25)14-23-20(21-2)22-9-4-10-27-15-17-7-11-26-12-8-17;/h5-6,13,17H,4,7-12,14-15H2,1-3H3,(H2,21,22,23);1H. The highest BCUT2D eigenvalue weighted by molar-refractivity contribution is 14.0. The SMILES string of the molecule is CN=C(NCCCOCC1CCOCC1)NCc1ccc(S(C)(=O)=O)c(C)c1.I. The second kappa shape index (κ2) is 13.4. The van der Waals surface area contributed by atoms with Crippen molar-refractivity contribution < 1.29 is 17.9 Å². The third-order valence-electron chi connectivity index (χ3n) is 4.77. The first-order valence-electron chi connectivity index (χ1n) is 9.79. The lowest BCUT2D eigenvalue weighted by molar-refractivity contribution is 0.0203. The van der Waals surface area contributed by atoms with Crippen LogP contribution in [0.3, 0.4) is 0 Å². The number of halogens is 1. The maximum Gasteiger partial charge on any atom is 0.191 e. The Hall–Kier alpha value is -0.910. The number of aliphatic imine (C=N–C) groups is 1. The van der Waals surface area contributed by atoms with E-state index in [2.05, 4.69) is 15.6 Å². The molecule has 1 aliphatic heterocycles. The van der Waals surface area contributed by atoms with E-state index in [0.29, 0.717) is 23.3 Å². The molecule has 2 N–H and O–H groups in total. The van der Waals surface area contributed by atoms with Crippen LogP contribution in [0, 0.1) is 12.8 Å². The Balaban J connectivity index is 0.00000420. The lowest BCUT2D eigenvalue weighted by Crippen LogP contribution is -2.37. The minimum Gasteiger partial charge on any atom is -0.381 e. The maximum absolute atomic E-state index is 11.7. The van der Waals surface area contributed by atoms with Gasteiger partial charge in [-0.1, -0.05) is 12.1 Å². The maximum atomic E-state index is 11.7. The summed E-state index contributed by atoms with van der Waals surface area (Å²) in [5.74, 6) is 1.35. The van der Waals surface area contributed by atoms with Gasteiger partial charge in [-0.15, -0.1) is 24.0 Å². The monoisotopic (exact) mass is 539 g/mol. The molecular weight excluding hydrogens is 505 g/mol. The van der Waals surface area contributed by atoms with Crippen LogP contribution in [0.4, 0.5) is 0 Å². The molecule has 0 aromatic heterocycles. The Bertz CT molecular complexity index is 750. The van der Waals surface area contributed by atoms with E-state index in [1.54, 1.807) is 13.1 Å². The number of hydrogen-bond acceptors (Lipinski definition) is 5. The van der Waals surface area contributed by atoms with Gasteiger partial charge in [0.2, 0.25) is 0 Å². The molecule has 29 heavy (non-hydrogen) atoms. The summed E-state index contributed by atoms with van der Waals surface area (Å²) in [5.41, 5.74) is 1.76. The topological polar surface area (TPSA) is 89.0 Å². The van der Waals surface area contributed by atoms with E-state index in [1.165, 1.54) is 6.26 Å². The first kappa shape index (κ1) is 26.1. The lowest BCUT2D eigenvalue weighted by atomic mass is 10.0. The first-order valence-corrected chi connectivity index (χ1v) is 11.7. The number of sulfone groups is 1. The molecule has 1 aliphatic rings. The summed E-state index contributed by atoms with van der Waals surface area (Å²) >= 11 is 0. The zero-order valence-corrected chi connectivity index (χ0v) is 20.7. The van der Waals surface area contributed by atoms with E-state index in [0.717, 1.165) is 63.4 Å². The van der Waals surface area contributed by atoms with Crippen molar-refractivity contribution in [2.75, 3.05) is 46.3 Å².